The predicted molar refractivity (Wildman–Crippen MR) is 69.7 cm³/mol. The lowest BCUT2D eigenvalue weighted by molar-refractivity contribution is -0.0347. The summed E-state index contributed by atoms with van der Waals surface area (Å²) in [5, 5.41) is 10.5. The minimum Gasteiger partial charge on any atom is -0.389 e. The number of nitrogens with zero attached hydrogens (tertiary/aromatic N) is 2. The van der Waals surface area contributed by atoms with Gasteiger partial charge in [-0.3, -0.25) is 9.80 Å². The van der Waals surface area contributed by atoms with Gasteiger partial charge in [0.1, 0.15) is 0 Å². The molecule has 0 aromatic rings. The number of piperazine rings is 1. The fourth-order valence-corrected chi connectivity index (χ4v) is 3.02. The first-order valence-corrected chi connectivity index (χ1v) is 6.82. The van der Waals surface area contributed by atoms with Crippen molar-refractivity contribution >= 4 is 0 Å². The first-order valence-electron chi connectivity index (χ1n) is 6.82. The molecule has 1 heterocycles. The van der Waals surface area contributed by atoms with Crippen LogP contribution < -0.4 is 0 Å². The highest BCUT2D eigenvalue weighted by atomic mass is 16.3. The zero-order valence-electron chi connectivity index (χ0n) is 10.7. The lowest BCUT2D eigenvalue weighted by Gasteiger charge is -2.40. The molecular formula is C14H24N2O. The quantitative estimate of drug-likeness (QED) is 0.739. The van der Waals surface area contributed by atoms with E-state index in [1.807, 2.05) is 0 Å². The maximum absolute atomic E-state index is 10.5. The molecule has 2 aliphatic rings. The number of hydrogen-bond acceptors (Lipinski definition) is 3. The fraction of sp³-hybridized carbons (Fsp3) is 0.857. The molecule has 0 unspecified atom stereocenters. The minimum atomic E-state index is -0.410. The summed E-state index contributed by atoms with van der Waals surface area (Å²) in [6, 6.07) is 0. The van der Waals surface area contributed by atoms with Crippen molar-refractivity contribution in [2.75, 3.05) is 39.3 Å². The van der Waals surface area contributed by atoms with Gasteiger partial charge in [-0.15, -0.1) is 6.42 Å². The van der Waals surface area contributed by atoms with Crippen LogP contribution in [0.1, 0.15) is 32.1 Å². The third kappa shape index (κ3) is 3.70. The summed E-state index contributed by atoms with van der Waals surface area (Å²) in [6.45, 7) is 5.80. The lowest BCUT2D eigenvalue weighted by Crippen LogP contribution is -2.52. The highest BCUT2D eigenvalue weighted by Gasteiger charge is 2.32. The van der Waals surface area contributed by atoms with E-state index in [1.54, 1.807) is 0 Å². The van der Waals surface area contributed by atoms with Crippen molar-refractivity contribution in [1.82, 2.24) is 9.80 Å². The molecule has 0 atom stereocenters. The van der Waals surface area contributed by atoms with Gasteiger partial charge in [-0.05, 0) is 12.8 Å². The van der Waals surface area contributed by atoms with Gasteiger partial charge in [0.05, 0.1) is 12.1 Å². The minimum absolute atomic E-state index is 0.410. The molecular weight excluding hydrogens is 212 g/mol. The van der Waals surface area contributed by atoms with Crippen LogP contribution in [0.2, 0.25) is 0 Å². The van der Waals surface area contributed by atoms with Gasteiger partial charge in [-0.1, -0.05) is 25.2 Å². The average molecular weight is 236 g/mol. The molecule has 1 saturated carbocycles. The highest BCUT2D eigenvalue weighted by molar-refractivity contribution is 4.91. The second kappa shape index (κ2) is 5.86. The van der Waals surface area contributed by atoms with Gasteiger partial charge in [-0.25, -0.2) is 0 Å². The summed E-state index contributed by atoms with van der Waals surface area (Å²) >= 11 is 0. The van der Waals surface area contributed by atoms with Crippen molar-refractivity contribution in [3.63, 3.8) is 0 Å². The van der Waals surface area contributed by atoms with Crippen LogP contribution >= 0.6 is 0 Å². The van der Waals surface area contributed by atoms with E-state index in [-0.39, 0.29) is 0 Å². The van der Waals surface area contributed by atoms with Gasteiger partial charge in [0.25, 0.3) is 0 Å². The van der Waals surface area contributed by atoms with Gasteiger partial charge < -0.3 is 5.11 Å². The van der Waals surface area contributed by atoms with Crippen molar-refractivity contribution < 1.29 is 5.11 Å². The Morgan fingerprint density at radius 2 is 1.59 bits per heavy atom. The number of hydrogen-bond donors (Lipinski definition) is 1. The summed E-state index contributed by atoms with van der Waals surface area (Å²) in [4.78, 5) is 4.71. The number of aliphatic hydroxyl groups is 1. The normalized spacial score (nSPS) is 26.6. The molecule has 3 heteroatoms. The molecule has 0 spiro atoms. The van der Waals surface area contributed by atoms with Crippen LogP contribution in [-0.2, 0) is 0 Å². The molecule has 0 aromatic carbocycles. The van der Waals surface area contributed by atoms with E-state index in [4.69, 9.17) is 6.42 Å². The summed E-state index contributed by atoms with van der Waals surface area (Å²) in [7, 11) is 0. The van der Waals surface area contributed by atoms with Gasteiger partial charge in [0.15, 0.2) is 0 Å². The van der Waals surface area contributed by atoms with E-state index >= 15 is 0 Å². The maximum Gasteiger partial charge on any atom is 0.0774 e. The zero-order chi connectivity index (χ0) is 12.1. The molecule has 0 bridgehead atoms. The Balaban J connectivity index is 1.75. The molecule has 0 amide bonds. The largest absolute Gasteiger partial charge is 0.389 e. The van der Waals surface area contributed by atoms with Crippen LogP contribution in [0, 0.1) is 12.3 Å². The van der Waals surface area contributed by atoms with Gasteiger partial charge >= 0.3 is 0 Å². The second-order valence-corrected chi connectivity index (χ2v) is 5.54. The average Bonchev–Trinajstić information content (AvgIpc) is 2.33. The standard InChI is InChI=1S/C14H24N2O/c1-2-8-15-9-11-16(12-10-15)13-14(17)6-4-3-5-7-14/h1,17H,3-13H2. The summed E-state index contributed by atoms with van der Waals surface area (Å²) in [6.07, 6.45) is 11.0. The lowest BCUT2D eigenvalue weighted by atomic mass is 9.84. The van der Waals surface area contributed by atoms with E-state index in [1.165, 1.54) is 19.3 Å². The topological polar surface area (TPSA) is 26.7 Å². The second-order valence-electron chi connectivity index (χ2n) is 5.54. The van der Waals surface area contributed by atoms with Crippen molar-refractivity contribution in [3.8, 4) is 12.3 Å². The van der Waals surface area contributed by atoms with Crippen LogP contribution in [-0.4, -0.2) is 59.8 Å². The third-order valence-corrected chi connectivity index (χ3v) is 4.08. The SMILES string of the molecule is C#CCN1CCN(CC2(O)CCCCC2)CC1. The Bertz CT molecular complexity index is 270. The molecule has 1 saturated heterocycles. The molecule has 1 aliphatic carbocycles. The smallest absolute Gasteiger partial charge is 0.0774 e. The van der Waals surface area contributed by atoms with Crippen LogP contribution in [0.25, 0.3) is 0 Å². The van der Waals surface area contributed by atoms with E-state index in [0.717, 1.165) is 52.1 Å². The van der Waals surface area contributed by atoms with E-state index in [2.05, 4.69) is 15.7 Å². The summed E-state index contributed by atoms with van der Waals surface area (Å²) in [5.41, 5.74) is -0.410. The van der Waals surface area contributed by atoms with E-state index in [9.17, 15) is 5.11 Å². The Morgan fingerprint density at radius 1 is 1.00 bits per heavy atom. The van der Waals surface area contributed by atoms with Gasteiger partial charge in [0.2, 0.25) is 0 Å². The molecule has 3 nitrogen and oxygen atoms in total. The molecule has 0 radical (unpaired) electrons. The van der Waals surface area contributed by atoms with Crippen molar-refractivity contribution in [2.24, 2.45) is 0 Å². The first-order chi connectivity index (χ1) is 8.22. The zero-order valence-corrected chi connectivity index (χ0v) is 10.7. The number of β-amino-alcohol motifs (C(OH)–C–C–N with tert-alkyl or cyclic N) is 1. The Labute approximate surface area is 105 Å². The molecule has 1 aliphatic heterocycles. The van der Waals surface area contributed by atoms with Crippen molar-refractivity contribution in [1.29, 1.82) is 0 Å². The van der Waals surface area contributed by atoms with Crippen molar-refractivity contribution in [3.05, 3.63) is 0 Å². The van der Waals surface area contributed by atoms with Crippen LogP contribution in [0.3, 0.4) is 0 Å². The Morgan fingerprint density at radius 3 is 2.18 bits per heavy atom. The molecule has 0 aromatic heterocycles. The third-order valence-electron chi connectivity index (χ3n) is 4.08. The Kier molecular flexibility index (Phi) is 4.44. The molecule has 2 fully saturated rings. The molecule has 96 valence electrons. The van der Waals surface area contributed by atoms with Crippen LogP contribution in [0.4, 0.5) is 0 Å². The van der Waals surface area contributed by atoms with E-state index in [0.29, 0.717) is 0 Å². The molecule has 17 heavy (non-hydrogen) atoms. The van der Waals surface area contributed by atoms with Crippen LogP contribution in [0.5, 0.6) is 0 Å². The van der Waals surface area contributed by atoms with Crippen molar-refractivity contribution in [2.45, 2.75) is 37.7 Å². The predicted octanol–water partition coefficient (Wildman–Crippen LogP) is 0.932. The monoisotopic (exact) mass is 236 g/mol. The van der Waals surface area contributed by atoms with Gasteiger partial charge in [0, 0.05) is 32.7 Å². The van der Waals surface area contributed by atoms with Gasteiger partial charge in [-0.2, -0.15) is 0 Å². The number of rotatable bonds is 3. The Hall–Kier alpha value is -0.560. The van der Waals surface area contributed by atoms with Crippen LogP contribution in [0.15, 0.2) is 0 Å². The maximum atomic E-state index is 10.5. The first kappa shape index (κ1) is 12.9. The summed E-state index contributed by atoms with van der Waals surface area (Å²) < 4.78 is 0. The summed E-state index contributed by atoms with van der Waals surface area (Å²) in [5.74, 6) is 2.70. The van der Waals surface area contributed by atoms with E-state index < -0.39 is 5.60 Å². The molecule has 1 N–H and O–H groups in total. The highest BCUT2D eigenvalue weighted by Crippen LogP contribution is 2.28. The fourth-order valence-electron chi connectivity index (χ4n) is 3.02. The number of terminal acetylenes is 1. The molecule has 2 rings (SSSR count).